The first-order chi connectivity index (χ1) is 9.15. The maximum atomic E-state index is 12.8. The summed E-state index contributed by atoms with van der Waals surface area (Å²) in [5.74, 6) is 0. The lowest BCUT2D eigenvalue weighted by Crippen LogP contribution is -2.48. The predicted octanol–water partition coefficient (Wildman–Crippen LogP) is 1.42. The van der Waals surface area contributed by atoms with Crippen LogP contribution in [0.4, 0.5) is 5.69 Å². The van der Waals surface area contributed by atoms with Gasteiger partial charge in [-0.3, -0.25) is 0 Å². The van der Waals surface area contributed by atoms with Gasteiger partial charge in [0.15, 0.2) is 0 Å². The quantitative estimate of drug-likeness (QED) is 0.809. The molecule has 1 saturated heterocycles. The van der Waals surface area contributed by atoms with Crippen molar-refractivity contribution in [2.24, 2.45) is 0 Å². The molecule has 0 aromatic heterocycles. The van der Waals surface area contributed by atoms with Gasteiger partial charge in [0.1, 0.15) is 0 Å². The van der Waals surface area contributed by atoms with E-state index in [2.05, 4.69) is 0 Å². The normalized spacial score (nSPS) is 24.8. The predicted molar refractivity (Wildman–Crippen MR) is 78.9 cm³/mol. The van der Waals surface area contributed by atoms with Crippen molar-refractivity contribution in [2.45, 2.75) is 44.1 Å². The van der Waals surface area contributed by atoms with E-state index in [-0.39, 0.29) is 11.4 Å². The van der Waals surface area contributed by atoms with Crippen LogP contribution in [0.25, 0.3) is 0 Å². The number of nitrogens with two attached hydrogens (primary N) is 1. The van der Waals surface area contributed by atoms with Gasteiger partial charge < -0.3 is 10.8 Å². The van der Waals surface area contributed by atoms with Crippen molar-refractivity contribution in [2.75, 3.05) is 18.8 Å². The Hall–Kier alpha value is -1.11. The van der Waals surface area contributed by atoms with Gasteiger partial charge in [0.2, 0.25) is 10.0 Å². The zero-order valence-corrected chi connectivity index (χ0v) is 13.0. The molecule has 5 nitrogen and oxygen atoms in total. The summed E-state index contributed by atoms with van der Waals surface area (Å²) < 4.78 is 27.0. The molecule has 6 heteroatoms. The van der Waals surface area contributed by atoms with Crippen LogP contribution < -0.4 is 5.73 Å². The van der Waals surface area contributed by atoms with Gasteiger partial charge >= 0.3 is 0 Å². The van der Waals surface area contributed by atoms with E-state index in [1.807, 2.05) is 0 Å². The van der Waals surface area contributed by atoms with Crippen LogP contribution in [0.5, 0.6) is 0 Å². The minimum atomic E-state index is -3.62. The first kappa shape index (κ1) is 15.3. The van der Waals surface area contributed by atoms with Crippen LogP contribution in [-0.4, -0.2) is 36.5 Å². The first-order valence-electron chi connectivity index (χ1n) is 6.73. The zero-order chi connectivity index (χ0) is 15.1. The lowest BCUT2D eigenvalue weighted by atomic mass is 9.97. The monoisotopic (exact) mass is 298 g/mol. The van der Waals surface area contributed by atoms with Gasteiger partial charge in [-0.25, -0.2) is 8.42 Å². The fraction of sp³-hybridized carbons (Fsp3) is 0.571. The third-order valence-electron chi connectivity index (χ3n) is 3.88. The van der Waals surface area contributed by atoms with Crippen LogP contribution >= 0.6 is 0 Å². The molecule has 3 N–H and O–H groups in total. The number of sulfonamides is 1. The van der Waals surface area contributed by atoms with Crippen LogP contribution in [0.15, 0.2) is 17.0 Å². The SMILES string of the molecule is Cc1ccc(N)c(C)c1S(=O)(=O)N1CCCC(C)(O)C1. The number of aryl methyl sites for hydroxylation is 1. The summed E-state index contributed by atoms with van der Waals surface area (Å²) in [6, 6.07) is 3.44. The van der Waals surface area contributed by atoms with Gasteiger partial charge in [0.25, 0.3) is 0 Å². The minimum absolute atomic E-state index is 0.128. The maximum Gasteiger partial charge on any atom is 0.243 e. The average molecular weight is 298 g/mol. The van der Waals surface area contributed by atoms with Gasteiger partial charge in [-0.05, 0) is 50.8 Å². The van der Waals surface area contributed by atoms with Crippen molar-refractivity contribution in [3.8, 4) is 0 Å². The number of nitrogens with zero attached hydrogens (tertiary/aromatic N) is 1. The van der Waals surface area contributed by atoms with E-state index >= 15 is 0 Å². The number of hydrogen-bond acceptors (Lipinski definition) is 4. The molecule has 0 saturated carbocycles. The molecule has 1 unspecified atom stereocenters. The van der Waals surface area contributed by atoms with Crippen LogP contribution in [0.3, 0.4) is 0 Å². The Morgan fingerprint density at radius 2 is 2.00 bits per heavy atom. The van der Waals surface area contributed by atoms with Gasteiger partial charge in [0.05, 0.1) is 10.5 Å². The minimum Gasteiger partial charge on any atom is -0.398 e. The topological polar surface area (TPSA) is 83.6 Å². The van der Waals surface area contributed by atoms with Crippen LogP contribution in [0.1, 0.15) is 30.9 Å². The molecule has 20 heavy (non-hydrogen) atoms. The zero-order valence-electron chi connectivity index (χ0n) is 12.2. The van der Waals surface area contributed by atoms with E-state index in [4.69, 9.17) is 5.73 Å². The lowest BCUT2D eigenvalue weighted by molar-refractivity contribution is 0.00938. The van der Waals surface area contributed by atoms with Crippen molar-refractivity contribution in [1.82, 2.24) is 4.31 Å². The second-order valence-corrected chi connectivity index (χ2v) is 7.74. The van der Waals surface area contributed by atoms with E-state index in [1.54, 1.807) is 32.9 Å². The standard InChI is InChI=1S/C14H22N2O3S/c1-10-5-6-12(15)11(2)13(10)20(18,19)16-8-4-7-14(3,17)9-16/h5-6,17H,4,7-9,15H2,1-3H3. The van der Waals surface area contributed by atoms with E-state index in [0.29, 0.717) is 36.2 Å². The first-order valence-corrected chi connectivity index (χ1v) is 8.17. The van der Waals surface area contributed by atoms with Crippen molar-refractivity contribution < 1.29 is 13.5 Å². The summed E-state index contributed by atoms with van der Waals surface area (Å²) in [4.78, 5) is 0.273. The van der Waals surface area contributed by atoms with Gasteiger partial charge in [-0.1, -0.05) is 6.07 Å². The number of piperidine rings is 1. The molecule has 0 radical (unpaired) electrons. The third-order valence-corrected chi connectivity index (χ3v) is 6.02. The molecule has 0 aliphatic carbocycles. The second-order valence-electron chi connectivity index (χ2n) is 5.86. The average Bonchev–Trinajstić information content (AvgIpc) is 2.33. The highest BCUT2D eigenvalue weighted by atomic mass is 32.2. The summed E-state index contributed by atoms with van der Waals surface area (Å²) in [6.45, 7) is 5.72. The fourth-order valence-electron chi connectivity index (χ4n) is 2.75. The van der Waals surface area contributed by atoms with E-state index in [9.17, 15) is 13.5 Å². The molecule has 0 spiro atoms. The van der Waals surface area contributed by atoms with E-state index in [0.717, 1.165) is 0 Å². The van der Waals surface area contributed by atoms with Gasteiger partial charge in [-0.2, -0.15) is 4.31 Å². The Labute approximate surface area is 120 Å². The van der Waals surface area contributed by atoms with E-state index in [1.165, 1.54) is 4.31 Å². The summed E-state index contributed by atoms with van der Waals surface area (Å²) in [5.41, 5.74) is 6.60. The molecule has 1 fully saturated rings. The molecule has 112 valence electrons. The third kappa shape index (κ3) is 2.68. The Morgan fingerprint density at radius 1 is 1.35 bits per heavy atom. The van der Waals surface area contributed by atoms with Crippen molar-refractivity contribution in [3.63, 3.8) is 0 Å². The fourth-order valence-corrected chi connectivity index (χ4v) is 4.80. The van der Waals surface area contributed by atoms with Gasteiger partial charge in [0, 0.05) is 18.8 Å². The van der Waals surface area contributed by atoms with Crippen LogP contribution in [0.2, 0.25) is 0 Å². The molecule has 1 heterocycles. The Bertz CT molecular complexity index is 624. The molecule has 0 amide bonds. The second kappa shape index (κ2) is 5.02. The van der Waals surface area contributed by atoms with Crippen LogP contribution in [0, 0.1) is 13.8 Å². The number of benzene rings is 1. The Kier molecular flexibility index (Phi) is 3.83. The molecule has 1 aromatic rings. The molecule has 1 atom stereocenters. The van der Waals surface area contributed by atoms with Crippen molar-refractivity contribution >= 4 is 15.7 Å². The number of aliphatic hydroxyl groups is 1. The molecular formula is C14H22N2O3S. The van der Waals surface area contributed by atoms with Crippen molar-refractivity contribution in [1.29, 1.82) is 0 Å². The number of anilines is 1. The molecule has 1 aliphatic rings. The smallest absolute Gasteiger partial charge is 0.243 e. The highest BCUT2D eigenvalue weighted by molar-refractivity contribution is 7.89. The molecule has 1 aliphatic heterocycles. The molecule has 0 bridgehead atoms. The van der Waals surface area contributed by atoms with Gasteiger partial charge in [-0.15, -0.1) is 0 Å². The number of nitrogen functional groups attached to an aromatic ring is 1. The lowest BCUT2D eigenvalue weighted by Gasteiger charge is -2.36. The Morgan fingerprint density at radius 3 is 2.60 bits per heavy atom. The summed E-state index contributed by atoms with van der Waals surface area (Å²) in [6.07, 6.45) is 1.28. The highest BCUT2D eigenvalue weighted by Gasteiger charge is 2.36. The van der Waals surface area contributed by atoms with Crippen LogP contribution in [-0.2, 0) is 10.0 Å². The largest absolute Gasteiger partial charge is 0.398 e. The number of rotatable bonds is 2. The number of β-amino-alcohol motifs (C(OH)–C–C–N with tert-alkyl or cyclic N) is 1. The molecular weight excluding hydrogens is 276 g/mol. The number of hydrogen-bond donors (Lipinski definition) is 2. The summed E-state index contributed by atoms with van der Waals surface area (Å²) in [7, 11) is -3.62. The maximum absolute atomic E-state index is 12.8. The van der Waals surface area contributed by atoms with E-state index < -0.39 is 15.6 Å². The van der Waals surface area contributed by atoms with Crippen molar-refractivity contribution in [3.05, 3.63) is 23.3 Å². The summed E-state index contributed by atoms with van der Waals surface area (Å²) in [5, 5.41) is 10.1. The Balaban J connectivity index is 2.49. The molecule has 1 aromatic carbocycles. The highest BCUT2D eigenvalue weighted by Crippen LogP contribution is 2.31. The summed E-state index contributed by atoms with van der Waals surface area (Å²) >= 11 is 0. The molecule has 2 rings (SSSR count).